The van der Waals surface area contributed by atoms with E-state index in [0.29, 0.717) is 42.3 Å². The molecule has 2 amide bonds. The highest BCUT2D eigenvalue weighted by molar-refractivity contribution is 7.15. The summed E-state index contributed by atoms with van der Waals surface area (Å²) in [4.78, 5) is 32.1. The van der Waals surface area contributed by atoms with E-state index >= 15 is 0 Å². The van der Waals surface area contributed by atoms with Gasteiger partial charge in [-0.15, -0.1) is 11.3 Å². The van der Waals surface area contributed by atoms with Crippen LogP contribution in [-0.2, 0) is 11.8 Å². The molecule has 1 aliphatic heterocycles. The zero-order chi connectivity index (χ0) is 28.5. The van der Waals surface area contributed by atoms with Gasteiger partial charge < -0.3 is 25.4 Å². The predicted molar refractivity (Wildman–Crippen MR) is 144 cm³/mol. The Kier molecular flexibility index (Phi) is 8.21. The van der Waals surface area contributed by atoms with Crippen LogP contribution in [-0.4, -0.2) is 62.7 Å². The van der Waals surface area contributed by atoms with E-state index in [1.54, 1.807) is 39.4 Å². The van der Waals surface area contributed by atoms with Gasteiger partial charge in [-0.2, -0.15) is 5.10 Å². The van der Waals surface area contributed by atoms with Crippen LogP contribution in [0.2, 0.25) is 0 Å². The molecule has 0 saturated carbocycles. The van der Waals surface area contributed by atoms with Crippen LogP contribution in [0, 0.1) is 18.6 Å². The molecule has 3 aromatic rings. The summed E-state index contributed by atoms with van der Waals surface area (Å²) in [5.41, 5.74) is -0.459. The van der Waals surface area contributed by atoms with Crippen molar-refractivity contribution in [2.45, 2.75) is 58.3 Å². The van der Waals surface area contributed by atoms with E-state index in [9.17, 15) is 23.5 Å². The number of hydrogen-bond acceptors (Lipinski definition) is 8. The fourth-order valence-electron chi connectivity index (χ4n) is 4.42. The van der Waals surface area contributed by atoms with Gasteiger partial charge in [0.05, 0.1) is 23.9 Å². The van der Waals surface area contributed by atoms with Gasteiger partial charge in [-0.25, -0.2) is 18.6 Å². The Morgan fingerprint density at radius 2 is 1.85 bits per heavy atom. The van der Waals surface area contributed by atoms with Crippen LogP contribution in [0.5, 0.6) is 0 Å². The van der Waals surface area contributed by atoms with E-state index in [-0.39, 0.29) is 16.3 Å². The Morgan fingerprint density at radius 3 is 2.51 bits per heavy atom. The molecule has 0 bridgehead atoms. The Morgan fingerprint density at radius 1 is 1.18 bits per heavy atom. The number of hydrogen-bond donors (Lipinski definition) is 3. The summed E-state index contributed by atoms with van der Waals surface area (Å²) in [7, 11) is 1.73. The number of thiazole rings is 1. The van der Waals surface area contributed by atoms with Crippen molar-refractivity contribution in [2.75, 3.05) is 23.3 Å². The minimum Gasteiger partial charge on any atom is -0.444 e. The molecule has 2 atom stereocenters. The number of rotatable bonds is 5. The lowest BCUT2D eigenvalue weighted by Gasteiger charge is -2.25. The number of ether oxygens (including phenoxy) is 1. The molecule has 1 fully saturated rings. The van der Waals surface area contributed by atoms with Crippen LogP contribution < -0.4 is 15.5 Å². The molecule has 4 rings (SSSR count). The fraction of sp³-hybridized carbons (Fsp3) is 0.462. The largest absolute Gasteiger partial charge is 0.444 e. The summed E-state index contributed by atoms with van der Waals surface area (Å²) in [5.74, 6) is -1.44. The summed E-state index contributed by atoms with van der Waals surface area (Å²) in [6.45, 7) is 7.87. The van der Waals surface area contributed by atoms with Crippen LogP contribution in [0.1, 0.15) is 49.0 Å². The molecule has 1 saturated heterocycles. The molecule has 1 aromatic carbocycles. The van der Waals surface area contributed by atoms with Crippen LogP contribution in [0.15, 0.2) is 24.4 Å². The van der Waals surface area contributed by atoms with Crippen LogP contribution in [0.4, 0.5) is 25.1 Å². The van der Waals surface area contributed by atoms with Crippen molar-refractivity contribution in [1.29, 1.82) is 0 Å². The van der Waals surface area contributed by atoms with Crippen molar-refractivity contribution in [3.8, 4) is 10.6 Å². The number of benzene rings is 1. The van der Waals surface area contributed by atoms with Gasteiger partial charge in [-0.05, 0) is 52.7 Å². The number of aliphatic hydroxyl groups is 1. The van der Waals surface area contributed by atoms with Crippen molar-refractivity contribution in [2.24, 2.45) is 7.05 Å². The Labute approximate surface area is 229 Å². The number of aliphatic hydroxyl groups excluding tert-OH is 1. The van der Waals surface area contributed by atoms with Gasteiger partial charge in [-0.1, -0.05) is 6.07 Å². The van der Waals surface area contributed by atoms with Gasteiger partial charge in [0.1, 0.15) is 33.6 Å². The SMILES string of the molecule is Cc1sc(-c2c(F)cccc2F)nc1C(=O)Nc1cnn(C)c1N1CC[C@H](O)[C@H](NC(=O)OC(C)(C)C)CC1. The maximum absolute atomic E-state index is 14.3. The molecular weight excluding hydrogens is 530 g/mol. The van der Waals surface area contributed by atoms with Crippen molar-refractivity contribution in [3.05, 3.63) is 46.6 Å². The molecule has 210 valence electrons. The fourth-order valence-corrected chi connectivity index (χ4v) is 5.38. The molecule has 0 aliphatic carbocycles. The first-order chi connectivity index (χ1) is 18.3. The van der Waals surface area contributed by atoms with E-state index in [1.807, 2.05) is 4.90 Å². The Balaban J connectivity index is 1.49. The molecule has 0 radical (unpaired) electrons. The molecule has 39 heavy (non-hydrogen) atoms. The first-order valence-electron chi connectivity index (χ1n) is 12.5. The number of nitrogens with zero attached hydrogens (tertiary/aromatic N) is 4. The lowest BCUT2D eigenvalue weighted by atomic mass is 10.1. The first-order valence-corrected chi connectivity index (χ1v) is 13.3. The van der Waals surface area contributed by atoms with Gasteiger partial charge in [0.15, 0.2) is 5.82 Å². The number of carbonyl (C=O) groups excluding carboxylic acids is 2. The predicted octanol–water partition coefficient (Wildman–Crippen LogP) is 4.24. The summed E-state index contributed by atoms with van der Waals surface area (Å²) < 4.78 is 35.5. The average Bonchev–Trinajstić information content (AvgIpc) is 3.33. The van der Waals surface area contributed by atoms with Gasteiger partial charge in [0, 0.05) is 25.0 Å². The highest BCUT2D eigenvalue weighted by Crippen LogP contribution is 2.33. The highest BCUT2D eigenvalue weighted by atomic mass is 32.1. The van der Waals surface area contributed by atoms with Gasteiger partial charge in [0.2, 0.25) is 0 Å². The smallest absolute Gasteiger partial charge is 0.407 e. The second-order valence-electron chi connectivity index (χ2n) is 10.4. The molecule has 3 N–H and O–H groups in total. The zero-order valence-electron chi connectivity index (χ0n) is 22.4. The molecule has 3 heterocycles. The lowest BCUT2D eigenvalue weighted by Crippen LogP contribution is -2.45. The quantitative estimate of drug-likeness (QED) is 0.425. The van der Waals surface area contributed by atoms with Gasteiger partial charge in [0.25, 0.3) is 5.91 Å². The first kappa shape index (κ1) is 28.4. The third-order valence-corrected chi connectivity index (χ3v) is 7.20. The number of carbonyl (C=O) groups is 2. The van der Waals surface area contributed by atoms with Crippen molar-refractivity contribution >= 4 is 34.8 Å². The molecular formula is C26H32F2N6O4S. The normalized spacial score (nSPS) is 18.0. The van der Waals surface area contributed by atoms with Crippen molar-refractivity contribution in [3.63, 3.8) is 0 Å². The number of amides is 2. The van der Waals surface area contributed by atoms with E-state index in [4.69, 9.17) is 4.74 Å². The maximum Gasteiger partial charge on any atom is 0.407 e. The summed E-state index contributed by atoms with van der Waals surface area (Å²) in [5, 5.41) is 20.6. The van der Waals surface area contributed by atoms with E-state index < -0.39 is 41.4 Å². The van der Waals surface area contributed by atoms with Crippen LogP contribution in [0.25, 0.3) is 10.6 Å². The third-order valence-electron chi connectivity index (χ3n) is 6.21. The Hall–Kier alpha value is -3.58. The minimum atomic E-state index is -0.788. The van der Waals surface area contributed by atoms with Crippen molar-refractivity contribution < 1.29 is 28.2 Å². The summed E-state index contributed by atoms with van der Waals surface area (Å²) >= 11 is 1.03. The van der Waals surface area contributed by atoms with E-state index in [2.05, 4.69) is 20.7 Å². The topological polar surface area (TPSA) is 122 Å². The highest BCUT2D eigenvalue weighted by Gasteiger charge is 2.30. The second kappa shape index (κ2) is 11.3. The second-order valence-corrected chi connectivity index (χ2v) is 11.6. The van der Waals surface area contributed by atoms with Gasteiger partial charge >= 0.3 is 6.09 Å². The molecule has 2 aromatic heterocycles. The zero-order valence-corrected chi connectivity index (χ0v) is 23.2. The minimum absolute atomic E-state index is 0.0559. The number of aryl methyl sites for hydroxylation is 2. The van der Waals surface area contributed by atoms with Crippen molar-refractivity contribution in [1.82, 2.24) is 20.1 Å². The number of nitrogens with one attached hydrogen (secondary N) is 2. The summed E-state index contributed by atoms with van der Waals surface area (Å²) in [6, 6.07) is 3.04. The molecule has 0 unspecified atom stereocenters. The maximum atomic E-state index is 14.3. The number of anilines is 2. The number of halogens is 2. The van der Waals surface area contributed by atoms with Gasteiger partial charge in [-0.3, -0.25) is 9.48 Å². The lowest BCUT2D eigenvalue weighted by molar-refractivity contribution is 0.0419. The van der Waals surface area contributed by atoms with Crippen LogP contribution >= 0.6 is 11.3 Å². The Bertz CT molecular complexity index is 1350. The monoisotopic (exact) mass is 562 g/mol. The molecule has 10 nitrogen and oxygen atoms in total. The average molecular weight is 563 g/mol. The third kappa shape index (κ3) is 6.53. The number of alkyl carbamates (subject to hydrolysis) is 1. The van der Waals surface area contributed by atoms with E-state index in [0.717, 1.165) is 23.5 Å². The molecule has 1 aliphatic rings. The molecule has 13 heteroatoms. The van der Waals surface area contributed by atoms with Crippen LogP contribution in [0.3, 0.4) is 0 Å². The molecule has 0 spiro atoms. The van der Waals surface area contributed by atoms with E-state index in [1.165, 1.54) is 12.3 Å². The summed E-state index contributed by atoms with van der Waals surface area (Å²) in [6.07, 6.45) is 0.915. The standard InChI is InChI=1S/C26H32F2N6O4S/c1-14-21(32-23(39-14)20-15(27)7-6-8-16(20)28)22(36)30-18-13-29-33(5)24(18)34-11-9-17(19(35)10-12-34)31-25(37)38-26(2,3)4/h6-8,13,17,19,35H,9-12H2,1-5H3,(H,30,36)(H,31,37)/t17-,19+/m1/s1. The number of aromatic nitrogens is 3.